The van der Waals surface area contributed by atoms with Crippen molar-refractivity contribution in [3.63, 3.8) is 0 Å². The second-order valence-corrected chi connectivity index (χ2v) is 5.17. The Bertz CT molecular complexity index is 216. The molecule has 3 nitrogen and oxygen atoms in total. The number of carbonyl (C=O) groups is 1. The summed E-state index contributed by atoms with van der Waals surface area (Å²) in [7, 11) is 1.96. The van der Waals surface area contributed by atoms with E-state index in [4.69, 9.17) is 0 Å². The number of rotatable bonds is 5. The van der Waals surface area contributed by atoms with E-state index in [1.165, 1.54) is 6.42 Å². The average Bonchev–Trinajstić information content (AvgIpc) is 2.42. The Balaban J connectivity index is 2.38. The van der Waals surface area contributed by atoms with Gasteiger partial charge in [0.2, 0.25) is 5.91 Å². The first-order valence-corrected chi connectivity index (χ1v) is 6.57. The molecule has 1 fully saturated rings. The molecule has 1 N–H and O–H groups in total. The van der Waals surface area contributed by atoms with E-state index in [-0.39, 0.29) is 0 Å². The first-order valence-electron chi connectivity index (χ1n) is 6.57. The average molecular weight is 226 g/mol. The van der Waals surface area contributed by atoms with Gasteiger partial charge in [-0.2, -0.15) is 0 Å². The number of likely N-dealkylation sites (tertiary alicyclic amines) is 1. The molecule has 0 radical (unpaired) electrons. The van der Waals surface area contributed by atoms with E-state index in [0.29, 0.717) is 11.8 Å². The van der Waals surface area contributed by atoms with Crippen molar-refractivity contribution < 1.29 is 4.79 Å². The lowest BCUT2D eigenvalue weighted by atomic mass is 9.89. The highest BCUT2D eigenvalue weighted by atomic mass is 16.2. The van der Waals surface area contributed by atoms with Gasteiger partial charge in [-0.15, -0.1) is 0 Å². The monoisotopic (exact) mass is 226 g/mol. The normalized spacial score (nSPS) is 22.6. The van der Waals surface area contributed by atoms with Crippen LogP contribution in [0.1, 0.15) is 39.5 Å². The molecule has 0 aliphatic carbocycles. The number of carbonyl (C=O) groups excluding carboxylic acids is 1. The van der Waals surface area contributed by atoms with Gasteiger partial charge in [0, 0.05) is 19.5 Å². The standard InChI is InChI=1S/C13H26N2O/c1-11(2)12-5-6-13(16)15(10-7-12)9-4-8-14-3/h11-12,14H,4-10H2,1-3H3. The van der Waals surface area contributed by atoms with Crippen LogP contribution in [0.4, 0.5) is 0 Å². The summed E-state index contributed by atoms with van der Waals surface area (Å²) in [4.78, 5) is 13.9. The summed E-state index contributed by atoms with van der Waals surface area (Å²) in [5.74, 6) is 1.81. The van der Waals surface area contributed by atoms with Gasteiger partial charge in [0.15, 0.2) is 0 Å². The maximum Gasteiger partial charge on any atom is 0.222 e. The van der Waals surface area contributed by atoms with Gasteiger partial charge in [-0.3, -0.25) is 4.79 Å². The van der Waals surface area contributed by atoms with Gasteiger partial charge in [-0.05, 0) is 44.7 Å². The van der Waals surface area contributed by atoms with E-state index in [9.17, 15) is 4.79 Å². The molecule has 1 atom stereocenters. The predicted octanol–water partition coefficient (Wildman–Crippen LogP) is 1.88. The highest BCUT2D eigenvalue weighted by molar-refractivity contribution is 5.76. The van der Waals surface area contributed by atoms with Gasteiger partial charge in [0.1, 0.15) is 0 Å². The zero-order chi connectivity index (χ0) is 12.0. The van der Waals surface area contributed by atoms with Gasteiger partial charge in [-0.1, -0.05) is 13.8 Å². The van der Waals surface area contributed by atoms with E-state index in [0.717, 1.165) is 44.8 Å². The predicted molar refractivity (Wildman–Crippen MR) is 67.3 cm³/mol. The smallest absolute Gasteiger partial charge is 0.222 e. The molecular formula is C13H26N2O. The fraction of sp³-hybridized carbons (Fsp3) is 0.923. The molecule has 0 aromatic heterocycles. The van der Waals surface area contributed by atoms with Crippen molar-refractivity contribution in [2.24, 2.45) is 11.8 Å². The molecule has 1 heterocycles. The van der Waals surface area contributed by atoms with Crippen LogP contribution in [0, 0.1) is 11.8 Å². The van der Waals surface area contributed by atoms with Crippen molar-refractivity contribution in [2.75, 3.05) is 26.7 Å². The second kappa shape index (κ2) is 6.89. The Hall–Kier alpha value is -0.570. The topological polar surface area (TPSA) is 32.3 Å². The summed E-state index contributed by atoms with van der Waals surface area (Å²) < 4.78 is 0. The zero-order valence-corrected chi connectivity index (χ0v) is 11.0. The lowest BCUT2D eigenvalue weighted by molar-refractivity contribution is -0.130. The van der Waals surface area contributed by atoms with E-state index in [1.54, 1.807) is 0 Å². The van der Waals surface area contributed by atoms with Gasteiger partial charge in [0.25, 0.3) is 0 Å². The number of hydrogen-bond donors (Lipinski definition) is 1. The van der Waals surface area contributed by atoms with Gasteiger partial charge in [-0.25, -0.2) is 0 Å². The molecule has 16 heavy (non-hydrogen) atoms. The lowest BCUT2D eigenvalue weighted by Gasteiger charge is -2.21. The summed E-state index contributed by atoms with van der Waals surface area (Å²) in [5.41, 5.74) is 0. The molecule has 1 aliphatic heterocycles. The van der Waals surface area contributed by atoms with Crippen molar-refractivity contribution in [1.29, 1.82) is 0 Å². The molecule has 1 amide bonds. The Labute approximate surface area is 99.6 Å². The van der Waals surface area contributed by atoms with E-state index < -0.39 is 0 Å². The quantitative estimate of drug-likeness (QED) is 0.726. The molecule has 1 unspecified atom stereocenters. The van der Waals surface area contributed by atoms with Crippen LogP contribution in [0.25, 0.3) is 0 Å². The molecule has 1 rings (SSSR count). The SMILES string of the molecule is CNCCCN1CCC(C(C)C)CCC1=O. The van der Waals surface area contributed by atoms with E-state index >= 15 is 0 Å². The summed E-state index contributed by atoms with van der Waals surface area (Å²) in [6.07, 6.45) is 4.08. The maximum absolute atomic E-state index is 11.9. The van der Waals surface area contributed by atoms with Crippen LogP contribution in [0.15, 0.2) is 0 Å². The number of hydrogen-bond acceptors (Lipinski definition) is 2. The number of nitrogens with zero attached hydrogens (tertiary/aromatic N) is 1. The summed E-state index contributed by atoms with van der Waals surface area (Å²) in [6.45, 7) is 7.42. The molecule has 0 saturated carbocycles. The molecule has 0 aromatic carbocycles. The van der Waals surface area contributed by atoms with Crippen molar-refractivity contribution >= 4 is 5.91 Å². The summed E-state index contributed by atoms with van der Waals surface area (Å²) >= 11 is 0. The van der Waals surface area contributed by atoms with Crippen LogP contribution in [0.5, 0.6) is 0 Å². The third-order valence-electron chi connectivity index (χ3n) is 3.65. The number of nitrogens with one attached hydrogen (secondary N) is 1. The van der Waals surface area contributed by atoms with Gasteiger partial charge < -0.3 is 10.2 Å². The zero-order valence-electron chi connectivity index (χ0n) is 11.0. The van der Waals surface area contributed by atoms with Crippen molar-refractivity contribution in [3.8, 4) is 0 Å². The van der Waals surface area contributed by atoms with Gasteiger partial charge in [0.05, 0.1) is 0 Å². The molecule has 1 aliphatic rings. The maximum atomic E-state index is 11.9. The second-order valence-electron chi connectivity index (χ2n) is 5.17. The van der Waals surface area contributed by atoms with Crippen LogP contribution in [-0.4, -0.2) is 37.5 Å². The molecule has 94 valence electrons. The first kappa shape index (κ1) is 13.5. The Morgan fingerprint density at radius 3 is 2.81 bits per heavy atom. The first-order chi connectivity index (χ1) is 7.65. The molecule has 0 spiro atoms. The fourth-order valence-electron chi connectivity index (χ4n) is 2.41. The summed E-state index contributed by atoms with van der Waals surface area (Å²) in [6, 6.07) is 0. The highest BCUT2D eigenvalue weighted by Crippen LogP contribution is 2.25. The van der Waals surface area contributed by atoms with Gasteiger partial charge >= 0.3 is 0 Å². The van der Waals surface area contributed by atoms with Crippen LogP contribution in [-0.2, 0) is 4.79 Å². The van der Waals surface area contributed by atoms with Crippen LogP contribution in [0.3, 0.4) is 0 Å². The summed E-state index contributed by atoms with van der Waals surface area (Å²) in [5, 5.41) is 3.13. The third-order valence-corrected chi connectivity index (χ3v) is 3.65. The largest absolute Gasteiger partial charge is 0.343 e. The minimum absolute atomic E-state index is 0.360. The lowest BCUT2D eigenvalue weighted by Crippen LogP contribution is -2.32. The van der Waals surface area contributed by atoms with Crippen molar-refractivity contribution in [1.82, 2.24) is 10.2 Å². The minimum Gasteiger partial charge on any atom is -0.343 e. The van der Waals surface area contributed by atoms with Crippen LogP contribution >= 0.6 is 0 Å². The third kappa shape index (κ3) is 4.12. The molecule has 1 saturated heterocycles. The molecule has 0 bridgehead atoms. The van der Waals surface area contributed by atoms with E-state index in [2.05, 4.69) is 24.1 Å². The Morgan fingerprint density at radius 1 is 1.44 bits per heavy atom. The Morgan fingerprint density at radius 2 is 2.19 bits per heavy atom. The van der Waals surface area contributed by atoms with Crippen molar-refractivity contribution in [3.05, 3.63) is 0 Å². The minimum atomic E-state index is 0.360. The van der Waals surface area contributed by atoms with Crippen LogP contribution in [0.2, 0.25) is 0 Å². The van der Waals surface area contributed by atoms with E-state index in [1.807, 2.05) is 7.05 Å². The molecule has 3 heteroatoms. The highest BCUT2D eigenvalue weighted by Gasteiger charge is 2.23. The fourth-order valence-corrected chi connectivity index (χ4v) is 2.41. The number of amides is 1. The molecule has 0 aromatic rings. The van der Waals surface area contributed by atoms with Crippen LogP contribution < -0.4 is 5.32 Å². The van der Waals surface area contributed by atoms with Crippen molar-refractivity contribution in [2.45, 2.75) is 39.5 Å². The Kier molecular flexibility index (Phi) is 5.81. The molecular weight excluding hydrogens is 200 g/mol.